The third kappa shape index (κ3) is 4.47. The van der Waals surface area contributed by atoms with E-state index in [1.807, 2.05) is 37.3 Å². The lowest BCUT2D eigenvalue weighted by Crippen LogP contribution is -2.27. The number of thiophene rings is 1. The lowest BCUT2D eigenvalue weighted by atomic mass is 10.1. The molecular formula is C16H18ClNO3S. The Morgan fingerprint density at radius 3 is 2.82 bits per heavy atom. The quantitative estimate of drug-likeness (QED) is 0.814. The van der Waals surface area contributed by atoms with Gasteiger partial charge in [-0.2, -0.15) is 0 Å². The molecule has 22 heavy (non-hydrogen) atoms. The number of benzene rings is 1. The van der Waals surface area contributed by atoms with Crippen molar-refractivity contribution >= 4 is 28.8 Å². The van der Waals surface area contributed by atoms with Crippen LogP contribution in [0.15, 0.2) is 36.4 Å². The number of halogens is 1. The van der Waals surface area contributed by atoms with Crippen LogP contribution in [0.4, 0.5) is 0 Å². The minimum Gasteiger partial charge on any atom is -0.491 e. The predicted molar refractivity (Wildman–Crippen MR) is 88.6 cm³/mol. The molecule has 0 saturated heterocycles. The Hall–Kier alpha value is -1.56. The van der Waals surface area contributed by atoms with Gasteiger partial charge in [0.25, 0.3) is 0 Å². The molecule has 1 heterocycles. The molecule has 0 aliphatic rings. The summed E-state index contributed by atoms with van der Waals surface area (Å²) in [4.78, 5) is 13.2. The van der Waals surface area contributed by atoms with Crippen LogP contribution < -0.4 is 10.1 Å². The zero-order chi connectivity index (χ0) is 15.9. The standard InChI is InChI=1S/C16H18ClNO3S/c1-11(14-6-7-15(17)22-14)16(20)18-10-12-4-2-3-5-13(12)21-9-8-19/h2-7,11,19H,8-10H2,1H3,(H,18,20). The number of ether oxygens (including phenoxy) is 1. The minimum atomic E-state index is -0.247. The Balaban J connectivity index is 1.96. The summed E-state index contributed by atoms with van der Waals surface area (Å²) in [5, 5.41) is 11.7. The van der Waals surface area contributed by atoms with E-state index in [-0.39, 0.29) is 25.0 Å². The smallest absolute Gasteiger partial charge is 0.228 e. The fourth-order valence-corrected chi connectivity index (χ4v) is 3.08. The molecule has 0 radical (unpaired) electrons. The van der Waals surface area contributed by atoms with Gasteiger partial charge in [-0.1, -0.05) is 29.8 Å². The van der Waals surface area contributed by atoms with Gasteiger partial charge in [0.2, 0.25) is 5.91 Å². The summed E-state index contributed by atoms with van der Waals surface area (Å²) in [6.45, 7) is 2.42. The molecule has 0 fully saturated rings. The van der Waals surface area contributed by atoms with Gasteiger partial charge in [-0.25, -0.2) is 0 Å². The number of rotatable bonds is 7. The highest BCUT2D eigenvalue weighted by atomic mass is 35.5. The number of hydrogen-bond acceptors (Lipinski definition) is 4. The van der Waals surface area contributed by atoms with Crippen LogP contribution in [-0.4, -0.2) is 24.2 Å². The molecule has 1 unspecified atom stereocenters. The van der Waals surface area contributed by atoms with Gasteiger partial charge >= 0.3 is 0 Å². The van der Waals surface area contributed by atoms with Gasteiger partial charge in [-0.3, -0.25) is 4.79 Å². The monoisotopic (exact) mass is 339 g/mol. The molecule has 6 heteroatoms. The van der Waals surface area contributed by atoms with E-state index in [9.17, 15) is 4.79 Å². The van der Waals surface area contributed by atoms with Gasteiger partial charge < -0.3 is 15.2 Å². The lowest BCUT2D eigenvalue weighted by Gasteiger charge is -2.13. The largest absolute Gasteiger partial charge is 0.491 e. The Morgan fingerprint density at radius 2 is 2.14 bits per heavy atom. The average Bonchev–Trinajstić information content (AvgIpc) is 2.97. The Kier molecular flexibility index (Phi) is 6.24. The van der Waals surface area contributed by atoms with E-state index in [4.69, 9.17) is 21.4 Å². The van der Waals surface area contributed by atoms with Crippen LogP contribution in [0.5, 0.6) is 5.75 Å². The number of carbonyl (C=O) groups is 1. The maximum Gasteiger partial charge on any atom is 0.228 e. The summed E-state index contributed by atoms with van der Waals surface area (Å²) in [7, 11) is 0. The number of para-hydroxylation sites is 1. The second-order valence-electron chi connectivity index (χ2n) is 4.76. The van der Waals surface area contributed by atoms with Gasteiger partial charge in [-0.15, -0.1) is 11.3 Å². The number of nitrogens with one attached hydrogen (secondary N) is 1. The topological polar surface area (TPSA) is 58.6 Å². The first-order valence-electron chi connectivity index (χ1n) is 6.96. The van der Waals surface area contributed by atoms with E-state index < -0.39 is 0 Å². The molecule has 0 aliphatic heterocycles. The van der Waals surface area contributed by atoms with Crippen LogP contribution in [0.25, 0.3) is 0 Å². The molecule has 0 spiro atoms. The average molecular weight is 340 g/mol. The highest BCUT2D eigenvalue weighted by Gasteiger charge is 2.17. The molecule has 1 amide bonds. The van der Waals surface area contributed by atoms with Gasteiger partial charge in [-0.05, 0) is 25.1 Å². The second kappa shape index (κ2) is 8.17. The molecule has 1 atom stereocenters. The van der Waals surface area contributed by atoms with Gasteiger partial charge in [0.1, 0.15) is 12.4 Å². The van der Waals surface area contributed by atoms with E-state index in [1.54, 1.807) is 6.07 Å². The fourth-order valence-electron chi connectivity index (χ4n) is 1.97. The van der Waals surface area contributed by atoms with E-state index in [0.717, 1.165) is 10.4 Å². The summed E-state index contributed by atoms with van der Waals surface area (Å²) >= 11 is 7.31. The second-order valence-corrected chi connectivity index (χ2v) is 6.51. The molecule has 2 aromatic rings. The first-order chi connectivity index (χ1) is 10.6. The Bertz CT molecular complexity index is 629. The summed E-state index contributed by atoms with van der Waals surface area (Å²) in [5.74, 6) is 0.363. The summed E-state index contributed by atoms with van der Waals surface area (Å²) in [6.07, 6.45) is 0. The fraction of sp³-hybridized carbons (Fsp3) is 0.312. The van der Waals surface area contributed by atoms with Crippen LogP contribution in [0.2, 0.25) is 4.34 Å². The molecule has 0 aliphatic carbocycles. The third-order valence-electron chi connectivity index (χ3n) is 3.19. The summed E-state index contributed by atoms with van der Waals surface area (Å²) in [5.41, 5.74) is 0.876. The molecule has 2 rings (SSSR count). The third-order valence-corrected chi connectivity index (χ3v) is 4.60. The number of amides is 1. The zero-order valence-corrected chi connectivity index (χ0v) is 13.8. The van der Waals surface area contributed by atoms with Crippen molar-refractivity contribution in [1.82, 2.24) is 5.32 Å². The van der Waals surface area contributed by atoms with Crippen molar-refractivity contribution in [3.8, 4) is 5.75 Å². The molecule has 2 N–H and O–H groups in total. The van der Waals surface area contributed by atoms with Crippen LogP contribution >= 0.6 is 22.9 Å². The van der Waals surface area contributed by atoms with E-state index in [1.165, 1.54) is 11.3 Å². The molecule has 0 saturated carbocycles. The van der Waals surface area contributed by atoms with Crippen molar-refractivity contribution in [3.63, 3.8) is 0 Å². The van der Waals surface area contributed by atoms with Crippen LogP contribution in [0, 0.1) is 0 Å². The number of hydrogen-bond donors (Lipinski definition) is 2. The van der Waals surface area contributed by atoms with Crippen molar-refractivity contribution in [2.75, 3.05) is 13.2 Å². The zero-order valence-electron chi connectivity index (χ0n) is 12.2. The van der Waals surface area contributed by atoms with Crippen molar-refractivity contribution in [3.05, 3.63) is 51.2 Å². The van der Waals surface area contributed by atoms with Gasteiger partial charge in [0.15, 0.2) is 0 Å². The maximum atomic E-state index is 12.2. The number of aliphatic hydroxyl groups is 1. The van der Waals surface area contributed by atoms with Crippen LogP contribution in [0.1, 0.15) is 23.3 Å². The maximum absolute atomic E-state index is 12.2. The molecule has 0 bridgehead atoms. The minimum absolute atomic E-state index is 0.0448. The van der Waals surface area contributed by atoms with Crippen molar-refractivity contribution in [2.24, 2.45) is 0 Å². The van der Waals surface area contributed by atoms with Crippen molar-refractivity contribution < 1.29 is 14.6 Å². The lowest BCUT2D eigenvalue weighted by molar-refractivity contribution is -0.122. The SMILES string of the molecule is CC(C(=O)NCc1ccccc1OCCO)c1ccc(Cl)s1. The van der Waals surface area contributed by atoms with Crippen molar-refractivity contribution in [1.29, 1.82) is 0 Å². The number of carbonyl (C=O) groups excluding carboxylic acids is 1. The highest BCUT2D eigenvalue weighted by Crippen LogP contribution is 2.28. The first kappa shape index (κ1) is 16.8. The van der Waals surface area contributed by atoms with Gasteiger partial charge in [0, 0.05) is 17.0 Å². The Labute approximate surface area is 138 Å². The molecule has 118 valence electrons. The van der Waals surface area contributed by atoms with E-state index >= 15 is 0 Å². The van der Waals surface area contributed by atoms with Crippen molar-refractivity contribution in [2.45, 2.75) is 19.4 Å². The van der Waals surface area contributed by atoms with Crippen LogP contribution in [-0.2, 0) is 11.3 Å². The van der Waals surface area contributed by atoms with Crippen LogP contribution in [0.3, 0.4) is 0 Å². The van der Waals surface area contributed by atoms with E-state index in [0.29, 0.717) is 16.6 Å². The molecule has 4 nitrogen and oxygen atoms in total. The van der Waals surface area contributed by atoms with Gasteiger partial charge in [0.05, 0.1) is 16.9 Å². The highest BCUT2D eigenvalue weighted by molar-refractivity contribution is 7.16. The first-order valence-corrected chi connectivity index (χ1v) is 8.15. The summed E-state index contributed by atoms with van der Waals surface area (Å²) in [6, 6.07) is 11.1. The van der Waals surface area contributed by atoms with E-state index in [2.05, 4.69) is 5.32 Å². The molecule has 1 aromatic heterocycles. The Morgan fingerprint density at radius 1 is 1.36 bits per heavy atom. The normalized spacial score (nSPS) is 12.0. The molecule has 1 aromatic carbocycles. The predicted octanol–water partition coefficient (Wildman–Crippen LogP) is 3.19. The summed E-state index contributed by atoms with van der Waals surface area (Å²) < 4.78 is 6.13. The molecular weight excluding hydrogens is 322 g/mol. The number of aliphatic hydroxyl groups excluding tert-OH is 1.